The van der Waals surface area contributed by atoms with E-state index in [2.05, 4.69) is 335 Å². The van der Waals surface area contributed by atoms with Gasteiger partial charge in [0.25, 0.3) is 0 Å². The molecule has 0 amide bonds. The number of rotatable bonds is 10. The van der Waals surface area contributed by atoms with Crippen LogP contribution >= 0.6 is 0 Å². The molecule has 16 rings (SSSR count). The van der Waals surface area contributed by atoms with Crippen molar-refractivity contribution in [2.24, 2.45) is 0 Å². The molecule has 16 aromatic rings. The highest BCUT2D eigenvalue weighted by atomic mass is 15.2. The fraction of sp³-hybridized carbons (Fsp3) is 0. The number of benzene rings is 15. The van der Waals surface area contributed by atoms with Gasteiger partial charge < -0.3 is 19.3 Å². The molecule has 0 bridgehead atoms. The van der Waals surface area contributed by atoms with Crippen LogP contribution in [0.2, 0.25) is 0 Å². The van der Waals surface area contributed by atoms with Gasteiger partial charge in [-0.2, -0.15) is 0 Å². The Morgan fingerprint density at radius 3 is 0.732 bits per heavy atom. The van der Waals surface area contributed by atoms with Gasteiger partial charge in [-0.15, -0.1) is 0 Å². The Morgan fingerprint density at radius 1 is 0.183 bits per heavy atom. The summed E-state index contributed by atoms with van der Waals surface area (Å²) in [6.45, 7) is 0. The van der Waals surface area contributed by atoms with Gasteiger partial charge >= 0.3 is 0 Å². The molecular weight excluding hydrogens is 993 g/mol. The average Bonchev–Trinajstić information content (AvgIpc) is 4.02. The van der Waals surface area contributed by atoms with Gasteiger partial charge in [-0.1, -0.05) is 200 Å². The van der Waals surface area contributed by atoms with Gasteiger partial charge in [0.1, 0.15) is 0 Å². The molecule has 1 heterocycles. The maximum atomic E-state index is 2.47. The third kappa shape index (κ3) is 7.76. The second kappa shape index (κ2) is 19.5. The van der Waals surface area contributed by atoms with Gasteiger partial charge in [-0.05, 0) is 148 Å². The minimum atomic E-state index is 1.07. The topological polar surface area (TPSA) is 14.7 Å². The summed E-state index contributed by atoms with van der Waals surface area (Å²) in [5, 5.41) is 16.7. The number of hydrogen-bond acceptors (Lipinski definition) is 3. The fourth-order valence-corrected chi connectivity index (χ4v) is 13.0. The minimum Gasteiger partial charge on any atom is -0.309 e. The summed E-state index contributed by atoms with van der Waals surface area (Å²) in [7, 11) is 0. The molecule has 1 aromatic heterocycles. The number of anilines is 9. The monoisotopic (exact) mass is 1040 g/mol. The first-order valence-electron chi connectivity index (χ1n) is 28.2. The highest BCUT2D eigenvalue weighted by molar-refractivity contribution is 6.19. The van der Waals surface area contributed by atoms with Crippen molar-refractivity contribution in [1.29, 1.82) is 0 Å². The highest BCUT2D eigenvalue weighted by Crippen LogP contribution is 2.50. The SMILES string of the molecule is c1ccc(N(c2ccc(-n3c4ccc(N(c5ccccc5)c5c6ccccc6cc6ccccc56)cc4c4cc(N(c5ccccc5)c5c6ccccc6cc6ccccc56)ccc43)cc2)c2c3ccccc3cc3ccccc23)cc1. The van der Waals surface area contributed by atoms with Gasteiger partial charge in [-0.25, -0.2) is 0 Å². The molecule has 0 unspecified atom stereocenters. The quantitative estimate of drug-likeness (QED) is 0.127. The zero-order valence-electron chi connectivity index (χ0n) is 44.8. The van der Waals surface area contributed by atoms with Crippen LogP contribution in [0.5, 0.6) is 0 Å². The van der Waals surface area contributed by atoms with Crippen molar-refractivity contribution in [2.45, 2.75) is 0 Å². The molecule has 82 heavy (non-hydrogen) atoms. The summed E-state index contributed by atoms with van der Waals surface area (Å²) in [5.74, 6) is 0. The molecule has 0 aliphatic heterocycles. The molecule has 0 N–H and O–H groups in total. The van der Waals surface area contributed by atoms with Crippen LogP contribution in [0.4, 0.5) is 51.2 Å². The third-order valence-electron chi connectivity index (χ3n) is 16.6. The summed E-state index contributed by atoms with van der Waals surface area (Å²) in [6, 6.07) is 116. The van der Waals surface area contributed by atoms with E-state index in [0.717, 1.165) is 78.7 Å². The van der Waals surface area contributed by atoms with Gasteiger partial charge in [0.15, 0.2) is 0 Å². The molecule has 0 atom stereocenters. The van der Waals surface area contributed by atoms with E-state index in [1.807, 2.05) is 0 Å². The number of nitrogens with zero attached hydrogens (tertiary/aromatic N) is 4. The largest absolute Gasteiger partial charge is 0.309 e. The van der Waals surface area contributed by atoms with Crippen molar-refractivity contribution in [3.05, 3.63) is 315 Å². The Labute approximate surface area is 475 Å². The lowest BCUT2D eigenvalue weighted by atomic mass is 9.98. The van der Waals surface area contributed by atoms with E-state index in [4.69, 9.17) is 0 Å². The maximum Gasteiger partial charge on any atom is 0.0618 e. The Hall–Kier alpha value is -10.9. The molecule has 0 fully saturated rings. The van der Waals surface area contributed by atoms with E-state index in [1.165, 1.54) is 64.6 Å². The lowest BCUT2D eigenvalue weighted by Crippen LogP contribution is -2.11. The molecule has 0 aliphatic carbocycles. The number of hydrogen-bond donors (Lipinski definition) is 0. The molecular formula is C78H52N4. The zero-order valence-corrected chi connectivity index (χ0v) is 44.8. The Kier molecular flexibility index (Phi) is 11.2. The second-order valence-electron chi connectivity index (χ2n) is 21.3. The smallest absolute Gasteiger partial charge is 0.0618 e. The third-order valence-corrected chi connectivity index (χ3v) is 16.6. The molecule has 0 saturated heterocycles. The van der Waals surface area contributed by atoms with Gasteiger partial charge in [0.05, 0.1) is 28.1 Å². The summed E-state index contributed by atoms with van der Waals surface area (Å²) in [5.41, 5.74) is 13.2. The van der Waals surface area contributed by atoms with Crippen LogP contribution in [0.3, 0.4) is 0 Å². The van der Waals surface area contributed by atoms with Crippen molar-refractivity contribution < 1.29 is 0 Å². The molecule has 384 valence electrons. The first-order chi connectivity index (χ1) is 40.7. The van der Waals surface area contributed by atoms with E-state index >= 15 is 0 Å². The van der Waals surface area contributed by atoms with Crippen molar-refractivity contribution in [1.82, 2.24) is 4.57 Å². The Balaban J connectivity index is 0.953. The lowest BCUT2D eigenvalue weighted by molar-refractivity contribution is 1.17. The first kappa shape index (κ1) is 47.1. The molecule has 15 aromatic carbocycles. The second-order valence-corrected chi connectivity index (χ2v) is 21.3. The summed E-state index contributed by atoms with van der Waals surface area (Å²) >= 11 is 0. The van der Waals surface area contributed by atoms with Gasteiger partial charge in [0, 0.05) is 82.9 Å². The minimum absolute atomic E-state index is 1.07. The molecule has 4 nitrogen and oxygen atoms in total. The van der Waals surface area contributed by atoms with E-state index in [0.29, 0.717) is 0 Å². The molecule has 0 saturated carbocycles. The standard InChI is InChI=1S/C78H52N4/c1-4-28-59(29-5-1)79(76-66-34-16-10-22-53(66)48-54-23-11-17-35-67(54)76)62-40-42-63(43-41-62)82-74-46-44-64(80(60-30-6-2-7-31-60)77-68-36-18-12-24-55(68)49-56-25-13-19-37-69(56)77)51-72(74)73-52-65(45-47-75(73)82)81(61-32-8-3-9-33-61)78-70-38-20-14-26-57(70)50-58-27-15-21-39-71(58)78/h1-52H. The number of para-hydroxylation sites is 3. The van der Waals surface area contributed by atoms with Crippen molar-refractivity contribution >= 4 is 138 Å². The van der Waals surface area contributed by atoms with Gasteiger partial charge in [0.2, 0.25) is 0 Å². The van der Waals surface area contributed by atoms with Crippen molar-refractivity contribution in [3.63, 3.8) is 0 Å². The van der Waals surface area contributed by atoms with Crippen LogP contribution in [-0.4, -0.2) is 4.57 Å². The first-order valence-corrected chi connectivity index (χ1v) is 28.2. The number of aromatic nitrogens is 1. The predicted molar refractivity (Wildman–Crippen MR) is 350 cm³/mol. The summed E-state index contributed by atoms with van der Waals surface area (Å²) in [6.07, 6.45) is 0. The maximum absolute atomic E-state index is 2.47. The number of fused-ring (bicyclic) bond motifs is 9. The Bertz CT molecular complexity index is 4730. The summed E-state index contributed by atoms with van der Waals surface area (Å²) in [4.78, 5) is 7.38. The van der Waals surface area contributed by atoms with E-state index in [9.17, 15) is 0 Å². The van der Waals surface area contributed by atoms with E-state index < -0.39 is 0 Å². The lowest BCUT2D eigenvalue weighted by Gasteiger charge is -2.29. The van der Waals surface area contributed by atoms with E-state index in [1.54, 1.807) is 0 Å². The van der Waals surface area contributed by atoms with E-state index in [-0.39, 0.29) is 0 Å². The molecule has 0 radical (unpaired) electrons. The predicted octanol–water partition coefficient (Wildman–Crippen LogP) is 22.1. The van der Waals surface area contributed by atoms with Crippen LogP contribution in [0, 0.1) is 0 Å². The van der Waals surface area contributed by atoms with Crippen LogP contribution in [-0.2, 0) is 0 Å². The summed E-state index contributed by atoms with van der Waals surface area (Å²) < 4.78 is 2.46. The average molecular weight is 1050 g/mol. The van der Waals surface area contributed by atoms with Gasteiger partial charge in [-0.3, -0.25) is 0 Å². The van der Waals surface area contributed by atoms with Crippen LogP contribution in [0.1, 0.15) is 0 Å². The van der Waals surface area contributed by atoms with Crippen molar-refractivity contribution in [3.8, 4) is 5.69 Å². The Morgan fingerprint density at radius 2 is 0.427 bits per heavy atom. The fourth-order valence-electron chi connectivity index (χ4n) is 13.0. The molecule has 0 aliphatic rings. The van der Waals surface area contributed by atoms with Crippen LogP contribution in [0.15, 0.2) is 315 Å². The highest BCUT2D eigenvalue weighted by Gasteiger charge is 2.25. The van der Waals surface area contributed by atoms with Crippen LogP contribution in [0.25, 0.3) is 92.1 Å². The van der Waals surface area contributed by atoms with Crippen molar-refractivity contribution in [2.75, 3.05) is 14.7 Å². The zero-order chi connectivity index (χ0) is 54.1. The normalized spacial score (nSPS) is 11.7. The molecule has 4 heteroatoms. The van der Waals surface area contributed by atoms with Crippen LogP contribution < -0.4 is 14.7 Å². The molecule has 0 spiro atoms.